The van der Waals surface area contributed by atoms with E-state index >= 15 is 0 Å². The molecule has 0 aliphatic carbocycles. The van der Waals surface area contributed by atoms with E-state index in [0.717, 1.165) is 35.9 Å². The number of nitrogens with zero attached hydrogens (tertiary/aromatic N) is 1. The molecule has 23 heavy (non-hydrogen) atoms. The first-order chi connectivity index (χ1) is 11.0. The largest absolute Gasteiger partial charge is 0.508 e. The van der Waals surface area contributed by atoms with Crippen LogP contribution in [0.5, 0.6) is 5.75 Å². The van der Waals surface area contributed by atoms with Crippen molar-refractivity contribution in [2.45, 2.75) is 45.4 Å². The highest BCUT2D eigenvalue weighted by molar-refractivity contribution is 6.83. The van der Waals surface area contributed by atoms with Crippen LogP contribution >= 0.6 is 0 Å². The standard InChI is InChI=1S/C19H26FNOSi/c1-4-23(5-2,6-3)21(18-12-10-17(20)11-13-18)15-16-8-7-9-19(22)14-16/h7-14,22H,4-6,15H2,1-3H3. The van der Waals surface area contributed by atoms with Gasteiger partial charge in [-0.2, -0.15) is 0 Å². The summed E-state index contributed by atoms with van der Waals surface area (Å²) in [6, 6.07) is 17.7. The Kier molecular flexibility index (Phi) is 5.83. The van der Waals surface area contributed by atoms with Crippen molar-refractivity contribution in [1.29, 1.82) is 0 Å². The molecule has 0 spiro atoms. The lowest BCUT2D eigenvalue weighted by Gasteiger charge is -2.43. The summed E-state index contributed by atoms with van der Waals surface area (Å²) in [7, 11) is -1.68. The predicted octanol–water partition coefficient (Wildman–Crippen LogP) is 5.54. The van der Waals surface area contributed by atoms with E-state index in [0.29, 0.717) is 5.75 Å². The average molecular weight is 332 g/mol. The van der Waals surface area contributed by atoms with Crippen molar-refractivity contribution in [2.75, 3.05) is 4.57 Å². The van der Waals surface area contributed by atoms with Gasteiger partial charge in [0.15, 0.2) is 8.24 Å². The Hall–Kier alpha value is -1.81. The Bertz CT molecular complexity index is 617. The third-order valence-electron chi connectivity index (χ3n) is 4.94. The Morgan fingerprint density at radius 1 is 0.957 bits per heavy atom. The summed E-state index contributed by atoms with van der Waals surface area (Å²) >= 11 is 0. The van der Waals surface area contributed by atoms with Crippen molar-refractivity contribution in [1.82, 2.24) is 0 Å². The van der Waals surface area contributed by atoms with Gasteiger partial charge in [0.2, 0.25) is 0 Å². The molecule has 0 heterocycles. The highest BCUT2D eigenvalue weighted by Gasteiger charge is 2.35. The summed E-state index contributed by atoms with van der Waals surface area (Å²) in [6.07, 6.45) is 0. The summed E-state index contributed by atoms with van der Waals surface area (Å²) in [4.78, 5) is 0. The van der Waals surface area contributed by atoms with Gasteiger partial charge in [-0.3, -0.25) is 0 Å². The van der Waals surface area contributed by atoms with Gasteiger partial charge >= 0.3 is 0 Å². The number of rotatable bonds is 7. The molecule has 2 aromatic rings. The number of phenolic OH excluding ortho intramolecular Hbond substituents is 1. The second-order valence-corrected chi connectivity index (χ2v) is 11.1. The van der Waals surface area contributed by atoms with Crippen molar-refractivity contribution in [3.63, 3.8) is 0 Å². The third kappa shape index (κ3) is 3.94. The Morgan fingerprint density at radius 3 is 2.09 bits per heavy atom. The molecule has 2 aromatic carbocycles. The van der Waals surface area contributed by atoms with E-state index in [2.05, 4.69) is 25.3 Å². The lowest BCUT2D eigenvalue weighted by molar-refractivity contribution is 0.474. The van der Waals surface area contributed by atoms with E-state index in [1.54, 1.807) is 6.07 Å². The maximum absolute atomic E-state index is 13.3. The van der Waals surface area contributed by atoms with E-state index in [9.17, 15) is 9.50 Å². The van der Waals surface area contributed by atoms with E-state index in [4.69, 9.17) is 0 Å². The summed E-state index contributed by atoms with van der Waals surface area (Å²) < 4.78 is 15.8. The first-order valence-corrected chi connectivity index (χ1v) is 10.9. The molecular weight excluding hydrogens is 305 g/mol. The second kappa shape index (κ2) is 7.64. The maximum atomic E-state index is 13.3. The fourth-order valence-electron chi connectivity index (χ4n) is 3.31. The van der Waals surface area contributed by atoms with E-state index in [1.165, 1.54) is 12.1 Å². The molecule has 0 amide bonds. The molecule has 0 atom stereocenters. The molecule has 0 fully saturated rings. The number of halogens is 1. The minimum absolute atomic E-state index is 0.206. The van der Waals surface area contributed by atoms with Crippen molar-refractivity contribution < 1.29 is 9.50 Å². The van der Waals surface area contributed by atoms with E-state index in [1.807, 2.05) is 30.3 Å². The molecule has 2 nitrogen and oxygen atoms in total. The first-order valence-electron chi connectivity index (χ1n) is 8.35. The molecule has 4 heteroatoms. The topological polar surface area (TPSA) is 23.5 Å². The molecule has 124 valence electrons. The molecule has 1 N–H and O–H groups in total. The normalized spacial score (nSPS) is 11.5. The number of benzene rings is 2. The third-order valence-corrected chi connectivity index (χ3v) is 10.4. The van der Waals surface area contributed by atoms with Gasteiger partial charge in [-0.25, -0.2) is 4.39 Å². The van der Waals surface area contributed by atoms with E-state index < -0.39 is 8.24 Å². The minimum atomic E-state index is -1.68. The summed E-state index contributed by atoms with van der Waals surface area (Å²) in [6.45, 7) is 7.54. The van der Waals surface area contributed by atoms with Crippen molar-refractivity contribution in [3.8, 4) is 5.75 Å². The Labute approximate surface area is 139 Å². The van der Waals surface area contributed by atoms with Crippen molar-refractivity contribution >= 4 is 13.9 Å². The SMILES string of the molecule is CC[Si](CC)(CC)N(Cc1cccc(O)c1)c1ccc(F)cc1. The first kappa shape index (κ1) is 17.5. The van der Waals surface area contributed by atoms with Gasteiger partial charge in [0.05, 0.1) is 0 Å². The van der Waals surface area contributed by atoms with Crippen LogP contribution in [0, 0.1) is 5.82 Å². The molecular formula is C19H26FNOSi. The van der Waals surface area contributed by atoms with Gasteiger partial charge in [0, 0.05) is 12.2 Å². The zero-order valence-electron chi connectivity index (χ0n) is 14.2. The van der Waals surface area contributed by atoms with Gasteiger partial charge < -0.3 is 9.67 Å². The highest BCUT2D eigenvalue weighted by Crippen LogP contribution is 2.32. The fraction of sp³-hybridized carbons (Fsp3) is 0.368. The number of phenols is 1. The number of anilines is 1. The molecule has 0 saturated heterocycles. The summed E-state index contributed by atoms with van der Waals surface area (Å²) in [5.41, 5.74) is 2.16. The van der Waals surface area contributed by atoms with Crippen LogP contribution in [0.25, 0.3) is 0 Å². The predicted molar refractivity (Wildman–Crippen MR) is 97.9 cm³/mol. The molecule has 0 unspecified atom stereocenters. The zero-order valence-corrected chi connectivity index (χ0v) is 15.2. The summed E-state index contributed by atoms with van der Waals surface area (Å²) in [5, 5.41) is 9.75. The smallest absolute Gasteiger partial charge is 0.156 e. The summed E-state index contributed by atoms with van der Waals surface area (Å²) in [5.74, 6) is 0.0844. The van der Waals surface area contributed by atoms with Crippen molar-refractivity contribution in [3.05, 3.63) is 59.9 Å². The lowest BCUT2D eigenvalue weighted by atomic mass is 10.2. The molecule has 0 bridgehead atoms. The van der Waals surface area contributed by atoms with Crippen LogP contribution in [0.4, 0.5) is 10.1 Å². The van der Waals surface area contributed by atoms with Crippen molar-refractivity contribution in [2.24, 2.45) is 0 Å². The number of aromatic hydroxyl groups is 1. The van der Waals surface area contributed by atoms with Gasteiger partial charge in [0.25, 0.3) is 0 Å². The fourth-order valence-corrected chi connectivity index (χ4v) is 7.17. The quantitative estimate of drug-likeness (QED) is 0.673. The maximum Gasteiger partial charge on any atom is 0.156 e. The van der Waals surface area contributed by atoms with Gasteiger partial charge in [-0.05, 0) is 60.1 Å². The number of hydrogen-bond acceptors (Lipinski definition) is 2. The highest BCUT2D eigenvalue weighted by atomic mass is 28.3. The van der Waals surface area contributed by atoms with Crippen LogP contribution in [0.3, 0.4) is 0 Å². The van der Waals surface area contributed by atoms with Crippen LogP contribution in [0.15, 0.2) is 48.5 Å². The van der Waals surface area contributed by atoms with Gasteiger partial charge in [-0.1, -0.05) is 32.9 Å². The van der Waals surface area contributed by atoms with Gasteiger partial charge in [0.1, 0.15) is 11.6 Å². The van der Waals surface area contributed by atoms with Crippen LogP contribution < -0.4 is 4.57 Å². The number of hydrogen-bond donors (Lipinski definition) is 1. The second-order valence-electron chi connectivity index (χ2n) is 6.02. The van der Waals surface area contributed by atoms with E-state index in [-0.39, 0.29) is 5.82 Å². The van der Waals surface area contributed by atoms with Crippen LogP contribution in [-0.4, -0.2) is 13.3 Å². The molecule has 2 rings (SSSR count). The molecule has 0 aliphatic heterocycles. The molecule has 0 saturated carbocycles. The van der Waals surface area contributed by atoms with Crippen LogP contribution in [0.1, 0.15) is 26.3 Å². The van der Waals surface area contributed by atoms with Gasteiger partial charge in [-0.15, -0.1) is 0 Å². The molecule has 0 radical (unpaired) electrons. The zero-order chi connectivity index (χ0) is 16.9. The molecule has 0 aromatic heterocycles. The van der Waals surface area contributed by atoms with Crippen LogP contribution in [0.2, 0.25) is 18.1 Å². The Balaban J connectivity index is 2.44. The molecule has 0 aliphatic rings. The van der Waals surface area contributed by atoms with Crippen LogP contribution in [-0.2, 0) is 6.54 Å². The lowest BCUT2D eigenvalue weighted by Crippen LogP contribution is -2.52. The average Bonchev–Trinajstić information content (AvgIpc) is 2.57. The minimum Gasteiger partial charge on any atom is -0.508 e. The Morgan fingerprint density at radius 2 is 1.57 bits per heavy atom. The monoisotopic (exact) mass is 331 g/mol.